The van der Waals surface area contributed by atoms with E-state index in [1.807, 2.05) is 30.3 Å². The van der Waals surface area contributed by atoms with Crippen LogP contribution in [-0.4, -0.2) is 29.6 Å². The Morgan fingerprint density at radius 3 is 2.43 bits per heavy atom. The molecule has 1 atom stereocenters. The van der Waals surface area contributed by atoms with Crippen molar-refractivity contribution in [2.24, 2.45) is 11.1 Å². The molecule has 0 heterocycles. The standard InChI is InChI=1S/C16H22N2O3/c17-11-16(7-4-8-16)10-14(19)18-13(15(20)21)9-12-5-2-1-3-6-12/h1-3,5-6,13H,4,7-11,17H2,(H,18,19)(H,20,21). The van der Waals surface area contributed by atoms with Gasteiger partial charge in [0.1, 0.15) is 6.04 Å². The average molecular weight is 290 g/mol. The van der Waals surface area contributed by atoms with E-state index in [0.717, 1.165) is 24.8 Å². The third kappa shape index (κ3) is 4.04. The van der Waals surface area contributed by atoms with Crippen molar-refractivity contribution >= 4 is 11.9 Å². The lowest BCUT2D eigenvalue weighted by Crippen LogP contribution is -2.47. The van der Waals surface area contributed by atoms with E-state index < -0.39 is 12.0 Å². The summed E-state index contributed by atoms with van der Waals surface area (Å²) in [5.74, 6) is -1.23. The Kier molecular flexibility index (Phi) is 4.96. The third-order valence-corrected chi connectivity index (χ3v) is 4.30. The molecule has 1 amide bonds. The zero-order chi connectivity index (χ0) is 15.3. The van der Waals surface area contributed by atoms with Crippen LogP contribution in [0.4, 0.5) is 0 Å². The normalized spacial score (nSPS) is 17.6. The van der Waals surface area contributed by atoms with Crippen LogP contribution in [0.5, 0.6) is 0 Å². The van der Waals surface area contributed by atoms with Gasteiger partial charge in [0.05, 0.1) is 0 Å². The van der Waals surface area contributed by atoms with Gasteiger partial charge in [-0.1, -0.05) is 36.8 Å². The van der Waals surface area contributed by atoms with Gasteiger partial charge < -0.3 is 16.2 Å². The molecule has 1 saturated carbocycles. The number of nitrogens with two attached hydrogens (primary N) is 1. The number of hydrogen-bond donors (Lipinski definition) is 3. The molecule has 1 fully saturated rings. The fourth-order valence-electron chi connectivity index (χ4n) is 2.77. The first-order chi connectivity index (χ1) is 10.0. The molecule has 5 heteroatoms. The topological polar surface area (TPSA) is 92.4 Å². The molecular weight excluding hydrogens is 268 g/mol. The quantitative estimate of drug-likeness (QED) is 0.706. The minimum atomic E-state index is -1.01. The van der Waals surface area contributed by atoms with Gasteiger partial charge in [-0.2, -0.15) is 0 Å². The predicted octanol–water partition coefficient (Wildman–Crippen LogP) is 1.32. The minimum Gasteiger partial charge on any atom is -0.480 e. The summed E-state index contributed by atoms with van der Waals surface area (Å²) in [5, 5.41) is 11.9. The zero-order valence-electron chi connectivity index (χ0n) is 12.0. The van der Waals surface area contributed by atoms with Crippen LogP contribution >= 0.6 is 0 Å². The molecular formula is C16H22N2O3. The van der Waals surface area contributed by atoms with Crippen molar-refractivity contribution in [3.8, 4) is 0 Å². The van der Waals surface area contributed by atoms with E-state index in [0.29, 0.717) is 13.0 Å². The second-order valence-corrected chi connectivity index (χ2v) is 5.88. The number of carbonyl (C=O) groups is 2. The van der Waals surface area contributed by atoms with E-state index in [1.165, 1.54) is 0 Å². The molecule has 4 N–H and O–H groups in total. The SMILES string of the molecule is NCC1(CC(=O)NC(Cc2ccccc2)C(=O)O)CCC1. The maximum Gasteiger partial charge on any atom is 0.326 e. The highest BCUT2D eigenvalue weighted by Gasteiger charge is 2.38. The second-order valence-electron chi connectivity index (χ2n) is 5.88. The van der Waals surface area contributed by atoms with E-state index in [1.54, 1.807) is 0 Å². The van der Waals surface area contributed by atoms with E-state index in [4.69, 9.17) is 5.73 Å². The number of carboxylic acid groups (broad SMARTS) is 1. The molecule has 21 heavy (non-hydrogen) atoms. The van der Waals surface area contributed by atoms with Gasteiger partial charge >= 0.3 is 5.97 Å². The molecule has 1 aromatic carbocycles. The van der Waals surface area contributed by atoms with Crippen LogP contribution in [0.15, 0.2) is 30.3 Å². The van der Waals surface area contributed by atoms with Crippen molar-refractivity contribution in [2.45, 2.75) is 38.1 Å². The van der Waals surface area contributed by atoms with Gasteiger partial charge in [0.25, 0.3) is 0 Å². The Morgan fingerprint density at radius 2 is 1.95 bits per heavy atom. The summed E-state index contributed by atoms with van der Waals surface area (Å²) >= 11 is 0. The van der Waals surface area contributed by atoms with Gasteiger partial charge in [0.15, 0.2) is 0 Å². The van der Waals surface area contributed by atoms with Crippen LogP contribution in [0.25, 0.3) is 0 Å². The van der Waals surface area contributed by atoms with Gasteiger partial charge in [-0.15, -0.1) is 0 Å². The molecule has 1 unspecified atom stereocenters. The highest BCUT2D eigenvalue weighted by molar-refractivity contribution is 5.84. The summed E-state index contributed by atoms with van der Waals surface area (Å²) in [5.41, 5.74) is 6.51. The molecule has 0 aromatic heterocycles. The first kappa shape index (κ1) is 15.5. The van der Waals surface area contributed by atoms with Crippen molar-refractivity contribution in [3.63, 3.8) is 0 Å². The van der Waals surface area contributed by atoms with E-state index in [2.05, 4.69) is 5.32 Å². The Hall–Kier alpha value is -1.88. The zero-order valence-corrected chi connectivity index (χ0v) is 12.0. The van der Waals surface area contributed by atoms with E-state index >= 15 is 0 Å². The lowest BCUT2D eigenvalue weighted by atomic mass is 9.66. The molecule has 114 valence electrons. The van der Waals surface area contributed by atoms with Gasteiger partial charge in [-0.25, -0.2) is 4.79 Å². The summed E-state index contributed by atoms with van der Waals surface area (Å²) in [6, 6.07) is 8.40. The van der Waals surface area contributed by atoms with Gasteiger partial charge in [-0.3, -0.25) is 4.79 Å². The maximum absolute atomic E-state index is 12.1. The molecule has 2 rings (SSSR count). The average Bonchev–Trinajstić information content (AvgIpc) is 2.43. The smallest absolute Gasteiger partial charge is 0.326 e. The van der Waals surface area contributed by atoms with Crippen LogP contribution < -0.4 is 11.1 Å². The summed E-state index contributed by atoms with van der Waals surface area (Å²) in [6.45, 7) is 0.483. The number of hydrogen-bond acceptors (Lipinski definition) is 3. The number of carbonyl (C=O) groups excluding carboxylic acids is 1. The molecule has 0 saturated heterocycles. The summed E-state index contributed by atoms with van der Waals surface area (Å²) in [6.07, 6.45) is 3.61. The second kappa shape index (κ2) is 6.72. The van der Waals surface area contributed by atoms with Gasteiger partial charge in [0, 0.05) is 12.8 Å². The molecule has 0 aliphatic heterocycles. The lowest BCUT2D eigenvalue weighted by Gasteiger charge is -2.40. The van der Waals surface area contributed by atoms with Crippen molar-refractivity contribution in [2.75, 3.05) is 6.54 Å². The number of amides is 1. The number of benzene rings is 1. The highest BCUT2D eigenvalue weighted by atomic mass is 16.4. The van der Waals surface area contributed by atoms with Crippen molar-refractivity contribution in [1.82, 2.24) is 5.32 Å². The van der Waals surface area contributed by atoms with E-state index in [-0.39, 0.29) is 17.7 Å². The number of rotatable bonds is 7. The maximum atomic E-state index is 12.1. The van der Waals surface area contributed by atoms with Crippen LogP contribution in [0.3, 0.4) is 0 Å². The molecule has 1 aromatic rings. The third-order valence-electron chi connectivity index (χ3n) is 4.30. The fourth-order valence-corrected chi connectivity index (χ4v) is 2.77. The molecule has 0 spiro atoms. The van der Waals surface area contributed by atoms with Crippen molar-refractivity contribution in [1.29, 1.82) is 0 Å². The molecule has 0 radical (unpaired) electrons. The Labute approximate surface area is 124 Å². The highest BCUT2D eigenvalue weighted by Crippen LogP contribution is 2.42. The molecule has 1 aliphatic carbocycles. The van der Waals surface area contributed by atoms with Crippen molar-refractivity contribution < 1.29 is 14.7 Å². The van der Waals surface area contributed by atoms with Crippen LogP contribution in [0.2, 0.25) is 0 Å². The lowest BCUT2D eigenvalue weighted by molar-refractivity contribution is -0.142. The monoisotopic (exact) mass is 290 g/mol. The molecule has 1 aliphatic rings. The fraction of sp³-hybridized carbons (Fsp3) is 0.500. The summed E-state index contributed by atoms with van der Waals surface area (Å²) < 4.78 is 0. The van der Waals surface area contributed by atoms with Crippen molar-refractivity contribution in [3.05, 3.63) is 35.9 Å². The Balaban J connectivity index is 1.93. The number of carboxylic acids is 1. The van der Waals surface area contributed by atoms with Gasteiger partial charge in [0.2, 0.25) is 5.91 Å². The largest absolute Gasteiger partial charge is 0.480 e. The van der Waals surface area contributed by atoms with E-state index in [9.17, 15) is 14.7 Å². The molecule has 0 bridgehead atoms. The first-order valence-corrected chi connectivity index (χ1v) is 7.31. The first-order valence-electron chi connectivity index (χ1n) is 7.31. The predicted molar refractivity (Wildman–Crippen MR) is 79.7 cm³/mol. The Bertz CT molecular complexity index is 492. The summed E-state index contributed by atoms with van der Waals surface area (Å²) in [7, 11) is 0. The van der Waals surface area contributed by atoms with Crippen LogP contribution in [0, 0.1) is 5.41 Å². The van der Waals surface area contributed by atoms with Gasteiger partial charge in [-0.05, 0) is 30.4 Å². The number of nitrogens with one attached hydrogen (secondary N) is 1. The Morgan fingerprint density at radius 1 is 1.29 bits per heavy atom. The summed E-state index contributed by atoms with van der Waals surface area (Å²) in [4.78, 5) is 23.4. The number of aliphatic carboxylic acids is 1. The molecule has 5 nitrogen and oxygen atoms in total. The van der Waals surface area contributed by atoms with Crippen LogP contribution in [0.1, 0.15) is 31.2 Å². The van der Waals surface area contributed by atoms with Crippen LogP contribution in [-0.2, 0) is 16.0 Å². The minimum absolute atomic E-state index is 0.111.